The molecule has 0 aromatic carbocycles. The first-order valence-corrected chi connectivity index (χ1v) is 6.24. The molecular weight excluding hydrogens is 182 g/mol. The third-order valence-electron chi connectivity index (χ3n) is 2.19. The fraction of sp³-hybridized carbons (Fsp3) is 1.00. The Hall–Kier alpha value is 0.270. The molecule has 1 saturated heterocycles. The van der Waals surface area contributed by atoms with Gasteiger partial charge in [0.05, 0.1) is 6.61 Å². The highest BCUT2D eigenvalue weighted by Gasteiger charge is 2.14. The highest BCUT2D eigenvalue weighted by atomic mass is 32.2. The van der Waals surface area contributed by atoms with Crippen molar-refractivity contribution in [3.05, 3.63) is 0 Å². The molecule has 1 N–H and O–H groups in total. The Bertz CT molecular complexity index is 124. The van der Waals surface area contributed by atoms with Gasteiger partial charge in [0.25, 0.3) is 0 Å². The minimum atomic E-state index is 0.761. The van der Waals surface area contributed by atoms with Crippen LogP contribution in [0.15, 0.2) is 0 Å². The Morgan fingerprint density at radius 3 is 3.00 bits per heavy atom. The fourth-order valence-corrected chi connectivity index (χ4v) is 2.15. The van der Waals surface area contributed by atoms with Gasteiger partial charge in [-0.2, -0.15) is 11.8 Å². The van der Waals surface area contributed by atoms with E-state index in [2.05, 4.69) is 19.2 Å². The molecule has 0 aliphatic carbocycles. The second kappa shape index (κ2) is 6.68. The van der Waals surface area contributed by atoms with Crippen LogP contribution in [0.4, 0.5) is 0 Å². The van der Waals surface area contributed by atoms with Crippen LogP contribution in [0.1, 0.15) is 20.3 Å². The van der Waals surface area contributed by atoms with Gasteiger partial charge in [-0.05, 0) is 17.6 Å². The molecule has 3 heteroatoms. The van der Waals surface area contributed by atoms with Crippen LogP contribution in [0.5, 0.6) is 0 Å². The molecule has 1 heterocycles. The fourth-order valence-electron chi connectivity index (χ4n) is 1.42. The molecule has 1 aliphatic rings. The standard InChI is InChI=1S/C10H21NOS/c1-9(2)13-6-4-11-7-10-3-5-12-8-10/h9-11H,3-8H2,1-2H3. The van der Waals surface area contributed by atoms with Crippen molar-refractivity contribution in [3.8, 4) is 0 Å². The lowest BCUT2D eigenvalue weighted by Crippen LogP contribution is -2.25. The van der Waals surface area contributed by atoms with Crippen molar-refractivity contribution in [1.29, 1.82) is 0 Å². The van der Waals surface area contributed by atoms with Crippen LogP contribution in [-0.2, 0) is 4.74 Å². The zero-order valence-electron chi connectivity index (χ0n) is 8.71. The summed E-state index contributed by atoms with van der Waals surface area (Å²) in [7, 11) is 0. The zero-order valence-corrected chi connectivity index (χ0v) is 9.53. The summed E-state index contributed by atoms with van der Waals surface area (Å²) in [6, 6.07) is 0. The second-order valence-electron chi connectivity index (χ2n) is 3.85. The maximum Gasteiger partial charge on any atom is 0.0507 e. The van der Waals surface area contributed by atoms with Crippen molar-refractivity contribution in [1.82, 2.24) is 5.32 Å². The first-order valence-electron chi connectivity index (χ1n) is 5.19. The van der Waals surface area contributed by atoms with Crippen LogP contribution in [0.25, 0.3) is 0 Å². The summed E-state index contributed by atoms with van der Waals surface area (Å²) in [4.78, 5) is 0. The largest absolute Gasteiger partial charge is 0.381 e. The summed E-state index contributed by atoms with van der Waals surface area (Å²) in [5.74, 6) is 2.00. The first-order chi connectivity index (χ1) is 6.29. The summed E-state index contributed by atoms with van der Waals surface area (Å²) in [6.45, 7) is 8.69. The van der Waals surface area contributed by atoms with E-state index in [0.717, 1.165) is 37.5 Å². The Morgan fingerprint density at radius 2 is 2.38 bits per heavy atom. The molecule has 2 nitrogen and oxygen atoms in total. The van der Waals surface area contributed by atoms with Crippen molar-refractivity contribution in [2.75, 3.05) is 32.1 Å². The van der Waals surface area contributed by atoms with Gasteiger partial charge in [-0.3, -0.25) is 0 Å². The molecule has 0 aromatic heterocycles. The molecule has 0 saturated carbocycles. The smallest absolute Gasteiger partial charge is 0.0507 e. The maximum absolute atomic E-state index is 5.31. The van der Waals surface area contributed by atoms with E-state index >= 15 is 0 Å². The Labute approximate surface area is 85.8 Å². The number of hydrogen-bond donors (Lipinski definition) is 1. The van der Waals surface area contributed by atoms with Gasteiger partial charge in [0.1, 0.15) is 0 Å². The van der Waals surface area contributed by atoms with Gasteiger partial charge in [-0.25, -0.2) is 0 Å². The van der Waals surface area contributed by atoms with E-state index in [4.69, 9.17) is 4.74 Å². The third-order valence-corrected chi connectivity index (χ3v) is 3.29. The van der Waals surface area contributed by atoms with E-state index < -0.39 is 0 Å². The van der Waals surface area contributed by atoms with Crippen LogP contribution in [-0.4, -0.2) is 37.3 Å². The number of nitrogens with one attached hydrogen (secondary N) is 1. The average molecular weight is 203 g/mol. The monoisotopic (exact) mass is 203 g/mol. The van der Waals surface area contributed by atoms with Crippen molar-refractivity contribution in [2.45, 2.75) is 25.5 Å². The van der Waals surface area contributed by atoms with Crippen LogP contribution in [0, 0.1) is 5.92 Å². The van der Waals surface area contributed by atoms with Gasteiger partial charge >= 0.3 is 0 Å². The van der Waals surface area contributed by atoms with Gasteiger partial charge in [0.15, 0.2) is 0 Å². The van der Waals surface area contributed by atoms with Gasteiger partial charge < -0.3 is 10.1 Å². The molecule has 0 bridgehead atoms. The SMILES string of the molecule is CC(C)SCCNCC1CCOC1. The number of ether oxygens (including phenoxy) is 1. The zero-order chi connectivity index (χ0) is 9.52. The highest BCUT2D eigenvalue weighted by Crippen LogP contribution is 2.11. The molecule has 0 aromatic rings. The number of hydrogen-bond acceptors (Lipinski definition) is 3. The lowest BCUT2D eigenvalue weighted by Gasteiger charge is -2.09. The van der Waals surface area contributed by atoms with Crippen LogP contribution < -0.4 is 5.32 Å². The quantitative estimate of drug-likeness (QED) is 0.665. The van der Waals surface area contributed by atoms with E-state index in [9.17, 15) is 0 Å². The van der Waals surface area contributed by atoms with E-state index in [0.29, 0.717) is 0 Å². The first kappa shape index (κ1) is 11.3. The second-order valence-corrected chi connectivity index (χ2v) is 5.54. The van der Waals surface area contributed by atoms with Gasteiger partial charge in [-0.15, -0.1) is 0 Å². The van der Waals surface area contributed by atoms with E-state index in [1.54, 1.807) is 0 Å². The topological polar surface area (TPSA) is 21.3 Å². The van der Waals surface area contributed by atoms with Crippen LogP contribution >= 0.6 is 11.8 Å². The molecule has 1 atom stereocenters. The minimum Gasteiger partial charge on any atom is -0.381 e. The average Bonchev–Trinajstić information content (AvgIpc) is 2.55. The van der Waals surface area contributed by atoms with E-state index in [1.165, 1.54) is 12.2 Å². The van der Waals surface area contributed by atoms with Gasteiger partial charge in [-0.1, -0.05) is 13.8 Å². The van der Waals surface area contributed by atoms with Crippen molar-refractivity contribution >= 4 is 11.8 Å². The number of thioether (sulfide) groups is 1. The van der Waals surface area contributed by atoms with E-state index in [-0.39, 0.29) is 0 Å². The van der Waals surface area contributed by atoms with Crippen LogP contribution in [0.3, 0.4) is 0 Å². The van der Waals surface area contributed by atoms with Crippen molar-refractivity contribution in [2.24, 2.45) is 5.92 Å². The third kappa shape index (κ3) is 5.55. The molecule has 0 spiro atoms. The summed E-state index contributed by atoms with van der Waals surface area (Å²) >= 11 is 2.02. The molecular formula is C10H21NOS. The lowest BCUT2D eigenvalue weighted by atomic mass is 10.1. The van der Waals surface area contributed by atoms with Crippen molar-refractivity contribution in [3.63, 3.8) is 0 Å². The molecule has 0 radical (unpaired) electrons. The number of rotatable bonds is 6. The Balaban J connectivity index is 1.83. The van der Waals surface area contributed by atoms with Gasteiger partial charge in [0, 0.05) is 25.4 Å². The summed E-state index contributed by atoms with van der Waals surface area (Å²) in [5.41, 5.74) is 0. The molecule has 1 rings (SSSR count). The summed E-state index contributed by atoms with van der Waals surface area (Å²) < 4.78 is 5.31. The normalized spacial score (nSPS) is 22.8. The highest BCUT2D eigenvalue weighted by molar-refractivity contribution is 7.99. The molecule has 13 heavy (non-hydrogen) atoms. The van der Waals surface area contributed by atoms with Gasteiger partial charge in [0.2, 0.25) is 0 Å². The predicted molar refractivity (Wildman–Crippen MR) is 59.4 cm³/mol. The minimum absolute atomic E-state index is 0.761. The lowest BCUT2D eigenvalue weighted by molar-refractivity contribution is 0.185. The Kier molecular flexibility index (Phi) is 5.83. The van der Waals surface area contributed by atoms with Crippen LogP contribution in [0.2, 0.25) is 0 Å². The van der Waals surface area contributed by atoms with E-state index in [1.807, 2.05) is 11.8 Å². The Morgan fingerprint density at radius 1 is 1.54 bits per heavy atom. The maximum atomic E-state index is 5.31. The molecule has 78 valence electrons. The molecule has 1 unspecified atom stereocenters. The van der Waals surface area contributed by atoms with Crippen molar-refractivity contribution < 1.29 is 4.74 Å². The summed E-state index contributed by atoms with van der Waals surface area (Å²) in [5, 5.41) is 4.24. The molecule has 0 amide bonds. The molecule has 1 aliphatic heterocycles. The summed E-state index contributed by atoms with van der Waals surface area (Å²) in [6.07, 6.45) is 1.24. The predicted octanol–water partition coefficient (Wildman–Crippen LogP) is 1.75. The molecule has 1 fully saturated rings.